The Morgan fingerprint density at radius 1 is 0.451 bits per heavy atom. The number of ether oxygens (including phenoxy) is 3. The summed E-state index contributed by atoms with van der Waals surface area (Å²) in [5.41, 5.74) is 0. The summed E-state index contributed by atoms with van der Waals surface area (Å²) < 4.78 is 16.7. The summed E-state index contributed by atoms with van der Waals surface area (Å²) >= 11 is 0. The normalized spacial score (nSPS) is 18.5. The number of hydrogen-bond acceptors (Lipinski definition) is 10. The predicted molar refractivity (Wildman–Crippen MR) is 343 cm³/mol. The first kappa shape index (κ1) is 77.4. The van der Waals surface area contributed by atoms with E-state index in [4.69, 9.17) is 14.2 Å². The Kier molecular flexibility index (Phi) is 56.7. The van der Waals surface area contributed by atoms with E-state index in [0.29, 0.717) is 19.4 Å². The fourth-order valence-electron chi connectivity index (χ4n) is 10.6. The van der Waals surface area contributed by atoms with Crippen LogP contribution in [-0.2, 0) is 23.8 Å². The molecule has 0 aromatic heterocycles. The van der Waals surface area contributed by atoms with Crippen molar-refractivity contribution in [1.82, 2.24) is 5.32 Å². The van der Waals surface area contributed by atoms with Crippen LogP contribution in [0.1, 0.15) is 316 Å². The Labute approximate surface area is 503 Å². The van der Waals surface area contributed by atoms with Gasteiger partial charge < -0.3 is 45.1 Å². The van der Waals surface area contributed by atoms with E-state index in [0.717, 1.165) is 83.5 Å². The number of nitrogens with one attached hydrogen (secondary N) is 1. The van der Waals surface area contributed by atoms with Gasteiger partial charge in [0.1, 0.15) is 24.4 Å². The molecule has 0 radical (unpaired) electrons. The summed E-state index contributed by atoms with van der Waals surface area (Å²) in [4.78, 5) is 25.1. The van der Waals surface area contributed by atoms with E-state index in [1.165, 1.54) is 205 Å². The second kappa shape index (κ2) is 60.1. The molecule has 6 N–H and O–H groups in total. The third-order valence-corrected chi connectivity index (χ3v) is 16.1. The summed E-state index contributed by atoms with van der Waals surface area (Å²) in [7, 11) is 0. The van der Waals surface area contributed by atoms with Crippen LogP contribution in [0.5, 0.6) is 0 Å². The SMILES string of the molecule is CCC/C=C\C/C=C\CCCCCCCC(=O)OCCCCCCCCCCC/C=C\C/C=C\CCCCCCCCCCCCCCCC(=O)NC(COC1OC(CO)C(O)C(O)C1O)C(O)/C=C/CCCCCCCCCCCC. The van der Waals surface area contributed by atoms with Gasteiger partial charge in [0.15, 0.2) is 6.29 Å². The monoisotopic (exact) mass is 1160 g/mol. The highest BCUT2D eigenvalue weighted by Gasteiger charge is 2.44. The molecule has 0 saturated carbocycles. The Bertz CT molecular complexity index is 1550. The van der Waals surface area contributed by atoms with Gasteiger partial charge in [-0.15, -0.1) is 0 Å². The smallest absolute Gasteiger partial charge is 0.305 e. The van der Waals surface area contributed by atoms with Gasteiger partial charge in [0, 0.05) is 12.8 Å². The van der Waals surface area contributed by atoms with E-state index >= 15 is 0 Å². The van der Waals surface area contributed by atoms with Gasteiger partial charge in [-0.1, -0.05) is 274 Å². The zero-order chi connectivity index (χ0) is 59.5. The van der Waals surface area contributed by atoms with Crippen LogP contribution >= 0.6 is 0 Å². The van der Waals surface area contributed by atoms with Gasteiger partial charge in [-0.3, -0.25) is 9.59 Å². The maximum atomic E-state index is 13.1. The molecule has 0 aromatic rings. The van der Waals surface area contributed by atoms with Gasteiger partial charge in [-0.2, -0.15) is 0 Å². The number of rotatable bonds is 60. The van der Waals surface area contributed by atoms with Crippen molar-refractivity contribution in [3.8, 4) is 0 Å². The van der Waals surface area contributed by atoms with E-state index < -0.39 is 49.5 Å². The average Bonchev–Trinajstić information content (AvgIpc) is 3.56. The molecule has 1 saturated heterocycles. The van der Waals surface area contributed by atoms with E-state index in [1.54, 1.807) is 6.08 Å². The standard InChI is InChI=1S/C71H129NO10/c1-3-5-7-9-11-13-15-34-39-43-47-51-55-59-67(76)80-60-56-52-48-44-40-36-33-31-29-27-25-23-21-19-17-18-20-22-24-26-28-30-32-35-38-42-46-50-54-58-66(75)72-63(62-81-71-70(79)69(78)68(77)65(61-73)82-71)64(74)57-53-49-45-41-37-16-14-12-10-8-6-4-2/h7,9,13,15,17,19,23,25,53,57,63-65,68-71,73-74,77-79H,3-6,8,10-12,14,16,18,20-22,24,26-52,54-56,58-62H2,1-2H3,(H,72,75)/b9-7-,15-13-,19-17-,25-23-,57-53+. The van der Waals surface area contributed by atoms with Gasteiger partial charge in [0.2, 0.25) is 5.91 Å². The minimum absolute atomic E-state index is 0.0125. The van der Waals surface area contributed by atoms with Crippen LogP contribution in [0.25, 0.3) is 0 Å². The molecular weight excluding hydrogens is 1030 g/mol. The van der Waals surface area contributed by atoms with Gasteiger partial charge in [-0.05, 0) is 89.9 Å². The molecule has 1 aliphatic rings. The summed E-state index contributed by atoms with van der Waals surface area (Å²) in [6.45, 7) is 4.28. The lowest BCUT2D eigenvalue weighted by atomic mass is 9.99. The molecule has 0 spiro atoms. The Morgan fingerprint density at radius 3 is 1.28 bits per heavy atom. The molecule has 0 aliphatic carbocycles. The number of carbonyl (C=O) groups excluding carboxylic acids is 2. The van der Waals surface area contributed by atoms with Crippen molar-refractivity contribution in [2.24, 2.45) is 0 Å². The van der Waals surface area contributed by atoms with Crippen molar-refractivity contribution in [2.45, 2.75) is 358 Å². The van der Waals surface area contributed by atoms with Crippen LogP contribution in [0.2, 0.25) is 0 Å². The van der Waals surface area contributed by atoms with E-state index in [1.807, 2.05) is 6.08 Å². The van der Waals surface area contributed by atoms with Crippen LogP contribution < -0.4 is 5.32 Å². The molecule has 1 rings (SSSR count). The summed E-state index contributed by atoms with van der Waals surface area (Å²) in [5.74, 6) is -0.195. The fraction of sp³-hybridized carbons (Fsp3) is 0.831. The Morgan fingerprint density at radius 2 is 0.841 bits per heavy atom. The number of aliphatic hydroxyl groups excluding tert-OH is 5. The van der Waals surface area contributed by atoms with Crippen LogP contribution in [-0.4, -0.2) is 100 Å². The largest absolute Gasteiger partial charge is 0.466 e. The summed E-state index contributed by atoms with van der Waals surface area (Å²) in [6.07, 6.45) is 69.1. The molecule has 7 unspecified atom stereocenters. The highest BCUT2D eigenvalue weighted by Crippen LogP contribution is 2.23. The summed E-state index contributed by atoms with van der Waals surface area (Å²) in [5, 5.41) is 54.4. The van der Waals surface area contributed by atoms with Crippen molar-refractivity contribution in [3.63, 3.8) is 0 Å². The maximum Gasteiger partial charge on any atom is 0.305 e. The minimum atomic E-state index is -1.57. The molecule has 0 bridgehead atoms. The highest BCUT2D eigenvalue weighted by atomic mass is 16.7. The molecule has 0 aromatic carbocycles. The molecule has 1 heterocycles. The summed E-state index contributed by atoms with van der Waals surface area (Å²) in [6, 6.07) is -0.811. The quantitative estimate of drug-likeness (QED) is 0.0195. The zero-order valence-electron chi connectivity index (χ0n) is 52.9. The molecule has 1 aliphatic heterocycles. The number of carbonyl (C=O) groups is 2. The lowest BCUT2D eigenvalue weighted by molar-refractivity contribution is -0.302. The van der Waals surface area contributed by atoms with Crippen LogP contribution in [0.3, 0.4) is 0 Å². The topological polar surface area (TPSA) is 175 Å². The minimum Gasteiger partial charge on any atom is -0.466 e. The number of aliphatic hydroxyl groups is 5. The van der Waals surface area contributed by atoms with E-state index in [2.05, 4.69) is 67.8 Å². The molecule has 11 heteroatoms. The predicted octanol–water partition coefficient (Wildman–Crippen LogP) is 17.3. The van der Waals surface area contributed by atoms with Crippen molar-refractivity contribution in [3.05, 3.63) is 60.8 Å². The van der Waals surface area contributed by atoms with Crippen LogP contribution in [0.4, 0.5) is 0 Å². The molecule has 478 valence electrons. The van der Waals surface area contributed by atoms with Gasteiger partial charge in [-0.25, -0.2) is 0 Å². The number of amides is 1. The number of hydrogen-bond donors (Lipinski definition) is 6. The molecule has 11 nitrogen and oxygen atoms in total. The van der Waals surface area contributed by atoms with Gasteiger partial charge >= 0.3 is 5.97 Å². The van der Waals surface area contributed by atoms with E-state index in [-0.39, 0.29) is 18.5 Å². The average molecular weight is 1160 g/mol. The van der Waals surface area contributed by atoms with E-state index in [9.17, 15) is 35.1 Å². The van der Waals surface area contributed by atoms with Crippen molar-refractivity contribution < 1.29 is 49.3 Å². The first-order valence-electron chi connectivity index (χ1n) is 34.6. The zero-order valence-corrected chi connectivity index (χ0v) is 52.9. The first-order chi connectivity index (χ1) is 40.2. The fourth-order valence-corrected chi connectivity index (χ4v) is 10.6. The van der Waals surface area contributed by atoms with Gasteiger partial charge in [0.05, 0.1) is 32.0 Å². The molecular formula is C71H129NO10. The molecule has 7 atom stereocenters. The lowest BCUT2D eigenvalue weighted by Crippen LogP contribution is -2.60. The first-order valence-corrected chi connectivity index (χ1v) is 34.6. The third-order valence-electron chi connectivity index (χ3n) is 16.1. The Hall–Kier alpha value is -2.64. The molecule has 82 heavy (non-hydrogen) atoms. The Balaban J connectivity index is 1.99. The highest BCUT2D eigenvalue weighted by molar-refractivity contribution is 5.76. The number of esters is 1. The number of allylic oxidation sites excluding steroid dienone is 9. The van der Waals surface area contributed by atoms with Gasteiger partial charge in [0.25, 0.3) is 0 Å². The van der Waals surface area contributed by atoms with Crippen LogP contribution in [0.15, 0.2) is 60.8 Å². The second-order valence-electron chi connectivity index (χ2n) is 23.9. The number of unbranched alkanes of at least 4 members (excludes halogenated alkanes) is 38. The second-order valence-corrected chi connectivity index (χ2v) is 23.9. The van der Waals surface area contributed by atoms with Crippen molar-refractivity contribution >= 4 is 11.9 Å². The molecule has 1 amide bonds. The van der Waals surface area contributed by atoms with Crippen LogP contribution in [0, 0.1) is 0 Å². The lowest BCUT2D eigenvalue weighted by Gasteiger charge is -2.40. The van der Waals surface area contributed by atoms with Crippen molar-refractivity contribution in [2.75, 3.05) is 19.8 Å². The maximum absolute atomic E-state index is 13.1. The molecule has 1 fully saturated rings. The van der Waals surface area contributed by atoms with Crippen molar-refractivity contribution in [1.29, 1.82) is 0 Å². The third kappa shape index (κ3) is 48.6.